The third-order valence-electron chi connectivity index (χ3n) is 2.43. The molecular formula is C14H12ClNO3S. The number of hydrogen-bond acceptors (Lipinski definition) is 4. The summed E-state index contributed by atoms with van der Waals surface area (Å²) in [6, 6.07) is 5.18. The minimum atomic E-state index is -1.02. The first-order chi connectivity index (χ1) is 9.56. The lowest BCUT2D eigenvalue weighted by Gasteiger charge is -2.09. The van der Waals surface area contributed by atoms with Crippen molar-refractivity contribution in [3.8, 4) is 5.75 Å². The molecule has 0 saturated carbocycles. The Labute approximate surface area is 125 Å². The predicted molar refractivity (Wildman–Crippen MR) is 79.3 cm³/mol. The van der Waals surface area contributed by atoms with E-state index in [0.29, 0.717) is 22.9 Å². The fraction of sp³-hybridized carbons (Fsp3) is 0.143. The number of aromatic nitrogens is 1. The van der Waals surface area contributed by atoms with E-state index in [-0.39, 0.29) is 0 Å². The molecule has 0 saturated heterocycles. The third-order valence-corrected chi connectivity index (χ3v) is 3.55. The maximum absolute atomic E-state index is 10.6. The lowest BCUT2D eigenvalue weighted by atomic mass is 10.2. The molecule has 0 amide bonds. The third kappa shape index (κ3) is 3.82. The van der Waals surface area contributed by atoms with Crippen molar-refractivity contribution in [2.45, 2.75) is 13.5 Å². The Balaban J connectivity index is 2.19. The number of hydrogen-bond donors (Lipinski definition) is 1. The van der Waals surface area contributed by atoms with Gasteiger partial charge in [0.1, 0.15) is 12.4 Å². The van der Waals surface area contributed by atoms with Gasteiger partial charge in [-0.1, -0.05) is 23.7 Å². The van der Waals surface area contributed by atoms with Crippen molar-refractivity contribution < 1.29 is 14.6 Å². The smallest absolute Gasteiger partial charge is 0.328 e. The second kappa shape index (κ2) is 6.54. The first-order valence-electron chi connectivity index (χ1n) is 5.79. The Bertz CT molecular complexity index is 652. The van der Waals surface area contributed by atoms with Crippen LogP contribution in [0.2, 0.25) is 5.02 Å². The number of carboxylic acid groups (broad SMARTS) is 1. The van der Waals surface area contributed by atoms with Gasteiger partial charge in [0.2, 0.25) is 0 Å². The van der Waals surface area contributed by atoms with Crippen LogP contribution in [0, 0.1) is 6.92 Å². The number of para-hydroxylation sites is 1. The zero-order chi connectivity index (χ0) is 14.5. The Kier molecular flexibility index (Phi) is 4.76. The Morgan fingerprint density at radius 2 is 2.35 bits per heavy atom. The molecule has 1 aromatic heterocycles. The lowest BCUT2D eigenvalue weighted by molar-refractivity contribution is -0.131. The van der Waals surface area contributed by atoms with Gasteiger partial charge in [-0.3, -0.25) is 0 Å². The zero-order valence-corrected chi connectivity index (χ0v) is 12.2. The van der Waals surface area contributed by atoms with Gasteiger partial charge < -0.3 is 9.84 Å². The highest BCUT2D eigenvalue weighted by Gasteiger charge is 2.08. The number of ether oxygens (including phenoxy) is 1. The van der Waals surface area contributed by atoms with Gasteiger partial charge >= 0.3 is 5.97 Å². The number of carbonyl (C=O) groups is 1. The lowest BCUT2D eigenvalue weighted by Crippen LogP contribution is -1.98. The molecule has 4 nitrogen and oxygen atoms in total. The molecule has 1 aromatic carbocycles. The van der Waals surface area contributed by atoms with Crippen molar-refractivity contribution in [1.82, 2.24) is 4.98 Å². The molecule has 104 valence electrons. The predicted octanol–water partition coefficient (Wildman–Crippen LogP) is 3.78. The quantitative estimate of drug-likeness (QED) is 0.854. The molecule has 20 heavy (non-hydrogen) atoms. The molecule has 0 fully saturated rings. The number of aryl methyl sites for hydroxylation is 1. The van der Waals surface area contributed by atoms with E-state index in [1.807, 2.05) is 12.3 Å². The van der Waals surface area contributed by atoms with Crippen LogP contribution in [0.25, 0.3) is 6.08 Å². The van der Waals surface area contributed by atoms with Crippen LogP contribution in [-0.4, -0.2) is 16.1 Å². The topological polar surface area (TPSA) is 59.4 Å². The van der Waals surface area contributed by atoms with Gasteiger partial charge in [0.15, 0.2) is 0 Å². The monoisotopic (exact) mass is 309 g/mol. The standard InChI is InChI=1S/C14H12ClNO3S/c1-9-16-11(8-20-9)7-19-14-10(5-6-13(17)18)3-2-4-12(14)15/h2-6,8H,7H2,1H3,(H,17,18)/b6-5+. The molecule has 0 spiro atoms. The Morgan fingerprint density at radius 1 is 1.55 bits per heavy atom. The van der Waals surface area contributed by atoms with Gasteiger partial charge in [0, 0.05) is 17.0 Å². The van der Waals surface area contributed by atoms with E-state index in [1.165, 1.54) is 6.08 Å². The second-order valence-electron chi connectivity index (χ2n) is 3.98. The van der Waals surface area contributed by atoms with E-state index in [4.69, 9.17) is 21.4 Å². The van der Waals surface area contributed by atoms with Crippen LogP contribution >= 0.6 is 22.9 Å². The molecule has 2 rings (SSSR count). The zero-order valence-electron chi connectivity index (χ0n) is 10.7. The van der Waals surface area contributed by atoms with Gasteiger partial charge in [-0.15, -0.1) is 11.3 Å². The van der Waals surface area contributed by atoms with E-state index >= 15 is 0 Å². The van der Waals surface area contributed by atoms with Crippen LogP contribution in [0.1, 0.15) is 16.3 Å². The number of benzene rings is 1. The average molecular weight is 310 g/mol. The highest BCUT2D eigenvalue weighted by molar-refractivity contribution is 7.09. The van der Waals surface area contributed by atoms with Crippen molar-refractivity contribution in [2.24, 2.45) is 0 Å². The molecule has 2 aromatic rings. The number of thiazole rings is 1. The number of nitrogens with zero attached hydrogens (tertiary/aromatic N) is 1. The first kappa shape index (κ1) is 14.6. The van der Waals surface area contributed by atoms with Crippen LogP contribution in [-0.2, 0) is 11.4 Å². The minimum Gasteiger partial charge on any atom is -0.485 e. The summed E-state index contributed by atoms with van der Waals surface area (Å²) in [4.78, 5) is 14.9. The first-order valence-corrected chi connectivity index (χ1v) is 7.05. The van der Waals surface area contributed by atoms with Gasteiger partial charge in [0.05, 0.1) is 15.7 Å². The summed E-state index contributed by atoms with van der Waals surface area (Å²) in [5.41, 5.74) is 1.44. The number of carboxylic acids is 1. The summed E-state index contributed by atoms with van der Waals surface area (Å²) in [7, 11) is 0. The summed E-state index contributed by atoms with van der Waals surface area (Å²) in [6.07, 6.45) is 2.50. The Morgan fingerprint density at radius 3 is 3.00 bits per heavy atom. The molecular weight excluding hydrogens is 298 g/mol. The van der Waals surface area contributed by atoms with E-state index in [0.717, 1.165) is 16.8 Å². The van der Waals surface area contributed by atoms with Gasteiger partial charge in [-0.2, -0.15) is 0 Å². The minimum absolute atomic E-state index is 0.294. The normalized spacial score (nSPS) is 10.9. The van der Waals surface area contributed by atoms with Crippen molar-refractivity contribution in [1.29, 1.82) is 0 Å². The fourth-order valence-electron chi connectivity index (χ4n) is 1.59. The van der Waals surface area contributed by atoms with Gasteiger partial charge in [-0.05, 0) is 19.1 Å². The highest BCUT2D eigenvalue weighted by Crippen LogP contribution is 2.30. The van der Waals surface area contributed by atoms with Crippen molar-refractivity contribution >= 4 is 35.0 Å². The molecule has 0 bridgehead atoms. The summed E-state index contributed by atoms with van der Waals surface area (Å²) in [5.74, 6) is -0.566. The van der Waals surface area contributed by atoms with E-state index in [2.05, 4.69) is 4.98 Å². The maximum atomic E-state index is 10.6. The van der Waals surface area contributed by atoms with E-state index in [1.54, 1.807) is 29.5 Å². The second-order valence-corrected chi connectivity index (χ2v) is 5.45. The van der Waals surface area contributed by atoms with E-state index in [9.17, 15) is 4.79 Å². The Hall–Kier alpha value is -1.85. The fourth-order valence-corrected chi connectivity index (χ4v) is 2.42. The van der Waals surface area contributed by atoms with Gasteiger partial charge in [-0.25, -0.2) is 9.78 Å². The summed E-state index contributed by atoms with van der Waals surface area (Å²) in [6.45, 7) is 2.21. The van der Waals surface area contributed by atoms with Crippen LogP contribution in [0.4, 0.5) is 0 Å². The van der Waals surface area contributed by atoms with Crippen LogP contribution in [0.5, 0.6) is 5.75 Å². The molecule has 1 heterocycles. The number of halogens is 1. The van der Waals surface area contributed by atoms with Gasteiger partial charge in [0.25, 0.3) is 0 Å². The highest BCUT2D eigenvalue weighted by atomic mass is 35.5. The average Bonchev–Trinajstić information content (AvgIpc) is 2.81. The molecule has 0 aliphatic heterocycles. The summed E-state index contributed by atoms with van der Waals surface area (Å²) in [5, 5.41) is 12.0. The molecule has 0 aliphatic rings. The molecule has 1 N–H and O–H groups in total. The number of aliphatic carboxylic acids is 1. The molecule has 0 radical (unpaired) electrons. The van der Waals surface area contributed by atoms with Crippen molar-refractivity contribution in [3.63, 3.8) is 0 Å². The number of rotatable bonds is 5. The molecule has 0 unspecified atom stereocenters. The van der Waals surface area contributed by atoms with Crippen molar-refractivity contribution in [3.05, 3.63) is 50.9 Å². The maximum Gasteiger partial charge on any atom is 0.328 e. The summed E-state index contributed by atoms with van der Waals surface area (Å²) < 4.78 is 5.67. The van der Waals surface area contributed by atoms with E-state index < -0.39 is 5.97 Å². The molecule has 0 aliphatic carbocycles. The molecule has 0 atom stereocenters. The van der Waals surface area contributed by atoms with Crippen molar-refractivity contribution in [2.75, 3.05) is 0 Å². The SMILES string of the molecule is Cc1nc(COc2c(Cl)cccc2/C=C/C(=O)O)cs1. The van der Waals surface area contributed by atoms with Crippen LogP contribution in [0.15, 0.2) is 29.7 Å². The van der Waals surface area contributed by atoms with Crippen LogP contribution in [0.3, 0.4) is 0 Å². The molecule has 6 heteroatoms. The summed E-state index contributed by atoms with van der Waals surface area (Å²) >= 11 is 7.64. The van der Waals surface area contributed by atoms with Crippen LogP contribution < -0.4 is 4.74 Å². The largest absolute Gasteiger partial charge is 0.485 e.